The Morgan fingerprint density at radius 2 is 1.81 bits per heavy atom. The predicted octanol–water partition coefficient (Wildman–Crippen LogP) is 3.92. The van der Waals surface area contributed by atoms with Crippen molar-refractivity contribution in [3.63, 3.8) is 0 Å². The summed E-state index contributed by atoms with van der Waals surface area (Å²) in [6.45, 7) is 0.656. The van der Waals surface area contributed by atoms with Gasteiger partial charge in [0.05, 0.1) is 4.90 Å². The Bertz CT molecular complexity index is 1120. The molecule has 0 saturated heterocycles. The molecule has 1 aromatic heterocycles. The van der Waals surface area contributed by atoms with Crippen molar-refractivity contribution in [2.45, 2.75) is 17.9 Å². The van der Waals surface area contributed by atoms with E-state index in [1.54, 1.807) is 36.7 Å². The molecule has 0 aliphatic carbocycles. The molecule has 0 spiro atoms. The number of hydrogen-bond donors (Lipinski definition) is 2. The largest absolute Gasteiger partial charge is 0.334 e. The number of amides is 2. The zero-order valence-corrected chi connectivity index (χ0v) is 18.5. The number of nitrogens with zero attached hydrogens (tertiary/aromatic N) is 2. The van der Waals surface area contributed by atoms with Gasteiger partial charge in [0.1, 0.15) is 0 Å². The topological polar surface area (TPSA) is 91.4 Å². The van der Waals surface area contributed by atoms with Gasteiger partial charge in [-0.05, 0) is 60.0 Å². The van der Waals surface area contributed by atoms with Crippen LogP contribution in [-0.2, 0) is 23.0 Å². The van der Waals surface area contributed by atoms with Crippen LogP contribution in [0.15, 0.2) is 78.0 Å². The first kappa shape index (κ1) is 22.7. The molecule has 0 radical (unpaired) electrons. The number of likely N-dealkylation sites (N-methyl/N-ethyl adjacent to an activating group) is 1. The SMILES string of the molecule is CN(CCc1cccc(Cl)c1)S(=O)(=O)c1ccc(NC(=O)NCc2cccnc2)cc1. The summed E-state index contributed by atoms with van der Waals surface area (Å²) in [4.78, 5) is 16.2. The zero-order chi connectivity index (χ0) is 22.3. The molecule has 2 N–H and O–H groups in total. The highest BCUT2D eigenvalue weighted by Gasteiger charge is 2.20. The summed E-state index contributed by atoms with van der Waals surface area (Å²) >= 11 is 5.98. The van der Waals surface area contributed by atoms with Gasteiger partial charge in [0.2, 0.25) is 10.0 Å². The molecule has 3 aromatic rings. The first-order valence-corrected chi connectivity index (χ1v) is 11.4. The van der Waals surface area contributed by atoms with E-state index in [1.807, 2.05) is 24.3 Å². The first-order valence-electron chi connectivity index (χ1n) is 9.59. The standard InChI is InChI=1S/C22H23ClN4O3S/c1-27(13-11-17-4-2-6-19(23)14-17)31(29,30)21-9-7-20(8-10-21)26-22(28)25-16-18-5-3-12-24-15-18/h2-10,12,14-15H,11,13,16H2,1H3,(H2,25,26,28). The highest BCUT2D eigenvalue weighted by molar-refractivity contribution is 7.89. The molecule has 0 saturated carbocycles. The normalized spacial score (nSPS) is 11.3. The quantitative estimate of drug-likeness (QED) is 0.535. The van der Waals surface area contributed by atoms with Crippen LogP contribution in [0.2, 0.25) is 5.02 Å². The molecule has 0 aliphatic heterocycles. The van der Waals surface area contributed by atoms with E-state index in [0.29, 0.717) is 30.2 Å². The van der Waals surface area contributed by atoms with Crippen LogP contribution in [0.25, 0.3) is 0 Å². The molecule has 7 nitrogen and oxygen atoms in total. The van der Waals surface area contributed by atoms with Gasteiger partial charge in [-0.15, -0.1) is 0 Å². The van der Waals surface area contributed by atoms with Crippen LogP contribution >= 0.6 is 11.6 Å². The average molecular weight is 459 g/mol. The van der Waals surface area contributed by atoms with Crippen LogP contribution in [0.5, 0.6) is 0 Å². The van der Waals surface area contributed by atoms with Crippen molar-refractivity contribution < 1.29 is 13.2 Å². The Morgan fingerprint density at radius 1 is 1.06 bits per heavy atom. The first-order chi connectivity index (χ1) is 14.8. The number of rotatable bonds is 8. The van der Waals surface area contributed by atoms with E-state index in [0.717, 1.165) is 11.1 Å². The average Bonchev–Trinajstić information content (AvgIpc) is 2.77. The minimum Gasteiger partial charge on any atom is -0.334 e. The number of aromatic nitrogens is 1. The minimum absolute atomic E-state index is 0.155. The molecular formula is C22H23ClN4O3S. The molecule has 0 bridgehead atoms. The monoisotopic (exact) mass is 458 g/mol. The molecule has 162 valence electrons. The highest BCUT2D eigenvalue weighted by atomic mass is 35.5. The van der Waals surface area contributed by atoms with Crippen molar-refractivity contribution in [3.8, 4) is 0 Å². The number of nitrogens with one attached hydrogen (secondary N) is 2. The number of anilines is 1. The number of carbonyl (C=O) groups excluding carboxylic acids is 1. The second kappa shape index (κ2) is 10.4. The van der Waals surface area contributed by atoms with Gasteiger partial charge in [-0.2, -0.15) is 0 Å². The third-order valence-corrected chi connectivity index (χ3v) is 6.71. The summed E-state index contributed by atoms with van der Waals surface area (Å²) in [7, 11) is -2.11. The van der Waals surface area contributed by atoms with Crippen LogP contribution in [0.3, 0.4) is 0 Å². The Balaban J connectivity index is 1.55. The molecule has 0 aliphatic rings. The number of sulfonamides is 1. The fourth-order valence-corrected chi connectivity index (χ4v) is 4.23. The van der Waals surface area contributed by atoms with Gasteiger partial charge in [-0.3, -0.25) is 4.98 Å². The van der Waals surface area contributed by atoms with E-state index in [9.17, 15) is 13.2 Å². The summed E-state index contributed by atoms with van der Waals surface area (Å²) < 4.78 is 26.9. The lowest BCUT2D eigenvalue weighted by atomic mass is 10.1. The van der Waals surface area contributed by atoms with Crippen molar-refractivity contribution >= 4 is 33.3 Å². The third kappa shape index (κ3) is 6.52. The molecule has 2 aromatic carbocycles. The number of pyridine rings is 1. The van der Waals surface area contributed by atoms with Gasteiger partial charge in [-0.25, -0.2) is 17.5 Å². The smallest absolute Gasteiger partial charge is 0.319 e. The number of hydrogen-bond acceptors (Lipinski definition) is 4. The molecule has 0 atom stereocenters. The number of carbonyl (C=O) groups is 1. The summed E-state index contributed by atoms with van der Waals surface area (Å²) in [6.07, 6.45) is 3.88. The van der Waals surface area contributed by atoms with Crippen molar-refractivity contribution in [2.75, 3.05) is 18.9 Å². The third-order valence-electron chi connectivity index (χ3n) is 4.60. The molecular weight excluding hydrogens is 436 g/mol. The van der Waals surface area contributed by atoms with Crippen LogP contribution in [0, 0.1) is 0 Å². The van der Waals surface area contributed by atoms with Crippen molar-refractivity contribution in [1.82, 2.24) is 14.6 Å². The summed E-state index contributed by atoms with van der Waals surface area (Å²) in [6, 6.07) is 16.7. The van der Waals surface area contributed by atoms with Crippen LogP contribution in [0.1, 0.15) is 11.1 Å². The van der Waals surface area contributed by atoms with Gasteiger partial charge in [0.25, 0.3) is 0 Å². The molecule has 0 unspecified atom stereocenters. The van der Waals surface area contributed by atoms with E-state index in [4.69, 9.17) is 11.6 Å². The number of halogens is 1. The molecule has 3 rings (SSSR count). The maximum atomic E-state index is 12.8. The van der Waals surface area contributed by atoms with Crippen LogP contribution < -0.4 is 10.6 Å². The van der Waals surface area contributed by atoms with E-state index >= 15 is 0 Å². The summed E-state index contributed by atoms with van der Waals surface area (Å²) in [5.74, 6) is 0. The second-order valence-electron chi connectivity index (χ2n) is 6.90. The predicted molar refractivity (Wildman–Crippen MR) is 122 cm³/mol. The maximum absolute atomic E-state index is 12.8. The minimum atomic E-state index is -3.65. The van der Waals surface area contributed by atoms with Crippen molar-refractivity contribution in [2.24, 2.45) is 0 Å². The van der Waals surface area contributed by atoms with Gasteiger partial charge >= 0.3 is 6.03 Å². The highest BCUT2D eigenvalue weighted by Crippen LogP contribution is 2.18. The van der Waals surface area contributed by atoms with Gasteiger partial charge in [0, 0.05) is 43.2 Å². The summed E-state index contributed by atoms with van der Waals surface area (Å²) in [5.41, 5.74) is 2.33. The maximum Gasteiger partial charge on any atom is 0.319 e. The van der Waals surface area contributed by atoms with Gasteiger partial charge in [-0.1, -0.05) is 29.8 Å². The van der Waals surface area contributed by atoms with E-state index in [-0.39, 0.29) is 4.90 Å². The van der Waals surface area contributed by atoms with Crippen LogP contribution in [-0.4, -0.2) is 37.3 Å². The molecule has 1 heterocycles. The number of urea groups is 1. The summed E-state index contributed by atoms with van der Waals surface area (Å²) in [5, 5.41) is 6.02. The molecule has 2 amide bonds. The Morgan fingerprint density at radius 3 is 2.48 bits per heavy atom. The van der Waals surface area contributed by atoms with Crippen molar-refractivity contribution in [1.29, 1.82) is 0 Å². The number of benzene rings is 2. The lowest BCUT2D eigenvalue weighted by Gasteiger charge is -2.17. The molecule has 0 fully saturated rings. The van der Waals surface area contributed by atoms with Crippen molar-refractivity contribution in [3.05, 3.63) is 89.2 Å². The fraction of sp³-hybridized carbons (Fsp3) is 0.182. The fourth-order valence-electron chi connectivity index (χ4n) is 2.85. The van der Waals surface area contributed by atoms with E-state index in [2.05, 4.69) is 15.6 Å². The molecule has 31 heavy (non-hydrogen) atoms. The van der Waals surface area contributed by atoms with Gasteiger partial charge in [0.15, 0.2) is 0 Å². The Kier molecular flexibility index (Phi) is 7.62. The van der Waals surface area contributed by atoms with E-state index < -0.39 is 16.1 Å². The lowest BCUT2D eigenvalue weighted by Crippen LogP contribution is -2.29. The van der Waals surface area contributed by atoms with Gasteiger partial charge < -0.3 is 10.6 Å². The van der Waals surface area contributed by atoms with Crippen LogP contribution in [0.4, 0.5) is 10.5 Å². The van der Waals surface area contributed by atoms with E-state index in [1.165, 1.54) is 23.5 Å². The lowest BCUT2D eigenvalue weighted by molar-refractivity contribution is 0.251. The molecule has 9 heteroatoms. The zero-order valence-electron chi connectivity index (χ0n) is 17.0. The second-order valence-corrected chi connectivity index (χ2v) is 9.38. The Labute approximate surface area is 187 Å². The Hall–Kier alpha value is -2.94.